The van der Waals surface area contributed by atoms with Crippen LogP contribution in [0.2, 0.25) is 0 Å². The molecule has 0 aromatic heterocycles. The monoisotopic (exact) mass is 309 g/mol. The van der Waals surface area contributed by atoms with Gasteiger partial charge in [0.15, 0.2) is 0 Å². The van der Waals surface area contributed by atoms with Crippen LogP contribution < -0.4 is 5.32 Å². The van der Waals surface area contributed by atoms with Crippen LogP contribution in [0.5, 0.6) is 0 Å². The molecular weight excluding hydrogens is 290 g/mol. The largest absolute Gasteiger partial charge is 0.480 e. The standard InChI is InChI=1S/C19H19NO3/c21-18(14-16-10-5-2-6-11-16)20-17(19(22)23)13-7-12-15-8-3-1-4-9-15/h1-12,17H,13-14H2,(H,20,21)(H,22,23)/b12-7+/t17-/m0/s1. The summed E-state index contributed by atoms with van der Waals surface area (Å²) in [5.74, 6) is -1.33. The zero-order valence-corrected chi connectivity index (χ0v) is 12.7. The van der Waals surface area contributed by atoms with Gasteiger partial charge in [0.05, 0.1) is 6.42 Å². The molecule has 0 bridgehead atoms. The molecule has 0 fully saturated rings. The number of carbonyl (C=O) groups excluding carboxylic acids is 1. The van der Waals surface area contributed by atoms with E-state index in [0.29, 0.717) is 0 Å². The molecule has 0 unspecified atom stereocenters. The Morgan fingerprint density at radius 2 is 1.61 bits per heavy atom. The zero-order valence-electron chi connectivity index (χ0n) is 12.7. The molecule has 0 aliphatic rings. The first kappa shape index (κ1) is 16.5. The molecule has 2 aromatic carbocycles. The van der Waals surface area contributed by atoms with Gasteiger partial charge in [-0.05, 0) is 17.5 Å². The van der Waals surface area contributed by atoms with Crippen LogP contribution in [0.1, 0.15) is 17.5 Å². The molecule has 2 rings (SSSR count). The van der Waals surface area contributed by atoms with Crippen molar-refractivity contribution in [3.63, 3.8) is 0 Å². The Balaban J connectivity index is 1.89. The molecular formula is C19H19NO3. The summed E-state index contributed by atoms with van der Waals surface area (Å²) in [4.78, 5) is 23.2. The highest BCUT2D eigenvalue weighted by Crippen LogP contribution is 2.05. The number of hydrogen-bond acceptors (Lipinski definition) is 2. The minimum absolute atomic E-state index is 0.174. The van der Waals surface area contributed by atoms with E-state index < -0.39 is 12.0 Å². The fraction of sp³-hybridized carbons (Fsp3) is 0.158. The number of carboxylic acid groups (broad SMARTS) is 1. The number of aliphatic carboxylic acids is 1. The Kier molecular flexibility index (Phi) is 6.12. The van der Waals surface area contributed by atoms with Crippen molar-refractivity contribution in [2.45, 2.75) is 18.9 Å². The molecule has 0 aliphatic heterocycles. The van der Waals surface area contributed by atoms with E-state index in [4.69, 9.17) is 0 Å². The predicted molar refractivity (Wildman–Crippen MR) is 89.8 cm³/mol. The van der Waals surface area contributed by atoms with Crippen molar-refractivity contribution in [2.24, 2.45) is 0 Å². The Bertz CT molecular complexity index is 666. The first-order valence-corrected chi connectivity index (χ1v) is 7.43. The van der Waals surface area contributed by atoms with Crippen molar-refractivity contribution in [1.82, 2.24) is 5.32 Å². The van der Waals surface area contributed by atoms with Gasteiger partial charge in [0.25, 0.3) is 0 Å². The molecule has 1 amide bonds. The van der Waals surface area contributed by atoms with E-state index in [-0.39, 0.29) is 18.7 Å². The van der Waals surface area contributed by atoms with Gasteiger partial charge in [0.1, 0.15) is 6.04 Å². The van der Waals surface area contributed by atoms with Gasteiger partial charge in [-0.1, -0.05) is 72.8 Å². The van der Waals surface area contributed by atoms with Crippen molar-refractivity contribution in [3.05, 3.63) is 77.9 Å². The van der Waals surface area contributed by atoms with Gasteiger partial charge >= 0.3 is 5.97 Å². The molecule has 2 aromatic rings. The number of hydrogen-bond donors (Lipinski definition) is 2. The number of rotatable bonds is 7. The summed E-state index contributed by atoms with van der Waals surface area (Å²) in [6.07, 6.45) is 4.02. The van der Waals surface area contributed by atoms with Gasteiger partial charge < -0.3 is 10.4 Å². The summed E-state index contributed by atoms with van der Waals surface area (Å²) in [6.45, 7) is 0. The number of nitrogens with one attached hydrogen (secondary N) is 1. The minimum Gasteiger partial charge on any atom is -0.480 e. The summed E-state index contributed by atoms with van der Waals surface area (Å²) in [6, 6.07) is 17.9. The van der Waals surface area contributed by atoms with Crippen molar-refractivity contribution < 1.29 is 14.7 Å². The number of carboxylic acids is 1. The molecule has 0 spiro atoms. The third-order valence-electron chi connectivity index (χ3n) is 3.32. The lowest BCUT2D eigenvalue weighted by atomic mass is 10.1. The van der Waals surface area contributed by atoms with Crippen LogP contribution in [0.4, 0.5) is 0 Å². The first-order valence-electron chi connectivity index (χ1n) is 7.43. The first-order chi connectivity index (χ1) is 11.1. The zero-order chi connectivity index (χ0) is 16.5. The lowest BCUT2D eigenvalue weighted by Crippen LogP contribution is -2.41. The van der Waals surface area contributed by atoms with Gasteiger partial charge in [-0.3, -0.25) is 4.79 Å². The van der Waals surface area contributed by atoms with Gasteiger partial charge in [-0.15, -0.1) is 0 Å². The highest BCUT2D eigenvalue weighted by Gasteiger charge is 2.18. The number of amides is 1. The maximum Gasteiger partial charge on any atom is 0.326 e. The van der Waals surface area contributed by atoms with Crippen LogP contribution in [0.25, 0.3) is 6.08 Å². The van der Waals surface area contributed by atoms with Crippen molar-refractivity contribution >= 4 is 18.0 Å². The average molecular weight is 309 g/mol. The van der Waals surface area contributed by atoms with E-state index in [2.05, 4.69) is 5.32 Å². The lowest BCUT2D eigenvalue weighted by Gasteiger charge is -2.12. The molecule has 0 radical (unpaired) electrons. The van der Waals surface area contributed by atoms with Crippen molar-refractivity contribution in [1.29, 1.82) is 0 Å². The Labute approximate surface area is 135 Å². The van der Waals surface area contributed by atoms with Crippen LogP contribution in [-0.4, -0.2) is 23.0 Å². The number of carbonyl (C=O) groups is 2. The highest BCUT2D eigenvalue weighted by molar-refractivity contribution is 5.85. The second-order valence-corrected chi connectivity index (χ2v) is 5.17. The molecule has 4 nitrogen and oxygen atoms in total. The fourth-order valence-electron chi connectivity index (χ4n) is 2.15. The second kappa shape index (κ2) is 8.54. The van der Waals surface area contributed by atoms with Gasteiger partial charge in [0, 0.05) is 0 Å². The SMILES string of the molecule is O=C(Cc1ccccc1)N[C@@H](C/C=C/c1ccccc1)C(=O)O. The van der Waals surface area contributed by atoms with Crippen LogP contribution in [0.3, 0.4) is 0 Å². The summed E-state index contributed by atoms with van der Waals surface area (Å²) >= 11 is 0. The summed E-state index contributed by atoms with van der Waals surface area (Å²) in [5, 5.41) is 11.8. The normalized spacial score (nSPS) is 12.0. The molecule has 23 heavy (non-hydrogen) atoms. The Morgan fingerprint density at radius 1 is 1.00 bits per heavy atom. The molecule has 4 heteroatoms. The quantitative estimate of drug-likeness (QED) is 0.826. The molecule has 0 heterocycles. The molecule has 0 saturated heterocycles. The predicted octanol–water partition coefficient (Wildman–Crippen LogP) is 2.90. The number of benzene rings is 2. The molecule has 2 N–H and O–H groups in total. The maximum absolute atomic E-state index is 12.0. The fourth-order valence-corrected chi connectivity index (χ4v) is 2.15. The topological polar surface area (TPSA) is 66.4 Å². The summed E-state index contributed by atoms with van der Waals surface area (Å²) in [7, 11) is 0. The smallest absolute Gasteiger partial charge is 0.326 e. The van der Waals surface area contributed by atoms with Crippen LogP contribution >= 0.6 is 0 Å². The molecule has 1 atom stereocenters. The van der Waals surface area contributed by atoms with Gasteiger partial charge in [0.2, 0.25) is 5.91 Å². The third-order valence-corrected chi connectivity index (χ3v) is 3.32. The van der Waals surface area contributed by atoms with E-state index >= 15 is 0 Å². The summed E-state index contributed by atoms with van der Waals surface area (Å²) < 4.78 is 0. The van der Waals surface area contributed by atoms with Crippen LogP contribution in [0.15, 0.2) is 66.7 Å². The van der Waals surface area contributed by atoms with E-state index in [0.717, 1.165) is 11.1 Å². The van der Waals surface area contributed by atoms with E-state index in [9.17, 15) is 14.7 Å². The van der Waals surface area contributed by atoms with Gasteiger partial charge in [-0.25, -0.2) is 4.79 Å². The summed E-state index contributed by atoms with van der Waals surface area (Å²) in [5.41, 5.74) is 1.85. The van der Waals surface area contributed by atoms with Crippen molar-refractivity contribution in [2.75, 3.05) is 0 Å². The van der Waals surface area contributed by atoms with Gasteiger partial charge in [-0.2, -0.15) is 0 Å². The molecule has 0 saturated carbocycles. The van der Waals surface area contributed by atoms with E-state index in [1.54, 1.807) is 6.08 Å². The second-order valence-electron chi connectivity index (χ2n) is 5.17. The average Bonchev–Trinajstić information content (AvgIpc) is 2.55. The molecule has 0 aliphatic carbocycles. The highest BCUT2D eigenvalue weighted by atomic mass is 16.4. The third kappa shape index (κ3) is 5.79. The van der Waals surface area contributed by atoms with E-state index in [1.807, 2.05) is 66.7 Å². The molecule has 118 valence electrons. The Hall–Kier alpha value is -2.88. The Morgan fingerprint density at radius 3 is 2.22 bits per heavy atom. The van der Waals surface area contributed by atoms with Crippen LogP contribution in [0, 0.1) is 0 Å². The lowest BCUT2D eigenvalue weighted by molar-refractivity contribution is -0.141. The van der Waals surface area contributed by atoms with Crippen molar-refractivity contribution in [3.8, 4) is 0 Å². The van der Waals surface area contributed by atoms with Crippen LogP contribution in [-0.2, 0) is 16.0 Å². The minimum atomic E-state index is -1.04. The maximum atomic E-state index is 12.0. The van der Waals surface area contributed by atoms with E-state index in [1.165, 1.54) is 0 Å².